The summed E-state index contributed by atoms with van der Waals surface area (Å²) in [6.07, 6.45) is 0.531. The Morgan fingerprint density at radius 3 is 2.08 bits per heavy atom. The van der Waals surface area contributed by atoms with Crippen LogP contribution in [0, 0.1) is 13.8 Å². The summed E-state index contributed by atoms with van der Waals surface area (Å²) in [4.78, 5) is 27.7. The minimum absolute atomic E-state index is 0.0891. The zero-order valence-corrected chi connectivity index (χ0v) is 22.0. The van der Waals surface area contributed by atoms with E-state index in [1.165, 1.54) is 24.1 Å². The number of anilines is 1. The van der Waals surface area contributed by atoms with Crippen molar-refractivity contribution in [3.05, 3.63) is 95.6 Å². The Bertz CT molecular complexity index is 1290. The highest BCUT2D eigenvalue weighted by molar-refractivity contribution is 7.92. The molecule has 0 aliphatic carbocycles. The Morgan fingerprint density at radius 1 is 0.889 bits per heavy atom. The number of aryl methyl sites for hydroxylation is 2. The maximum Gasteiger partial charge on any atom is 0.264 e. The molecular formula is C28H33N3O4S. The first-order chi connectivity index (χ1) is 17.1. The van der Waals surface area contributed by atoms with E-state index in [0.717, 1.165) is 21.0 Å². The molecule has 7 nitrogen and oxygen atoms in total. The molecule has 190 valence electrons. The van der Waals surface area contributed by atoms with Gasteiger partial charge in [-0.3, -0.25) is 13.9 Å². The molecule has 0 heterocycles. The molecule has 3 aromatic carbocycles. The summed E-state index contributed by atoms with van der Waals surface area (Å²) in [6, 6.07) is 22.2. The quantitative estimate of drug-likeness (QED) is 0.453. The molecule has 3 aromatic rings. The third-order valence-corrected chi connectivity index (χ3v) is 8.07. The molecule has 3 rings (SSSR count). The number of hydrogen-bond donors (Lipinski definition) is 1. The number of carbonyl (C=O) groups is 2. The van der Waals surface area contributed by atoms with Gasteiger partial charge in [0.25, 0.3) is 10.0 Å². The molecular weight excluding hydrogens is 474 g/mol. The Labute approximate surface area is 213 Å². The van der Waals surface area contributed by atoms with Gasteiger partial charge in [-0.25, -0.2) is 8.42 Å². The highest BCUT2D eigenvalue weighted by Crippen LogP contribution is 2.26. The Balaban J connectivity index is 1.98. The Morgan fingerprint density at radius 2 is 1.50 bits per heavy atom. The van der Waals surface area contributed by atoms with Crippen molar-refractivity contribution >= 4 is 27.5 Å². The predicted molar refractivity (Wildman–Crippen MR) is 142 cm³/mol. The van der Waals surface area contributed by atoms with Crippen molar-refractivity contribution in [2.45, 2.75) is 38.1 Å². The van der Waals surface area contributed by atoms with Crippen molar-refractivity contribution < 1.29 is 18.0 Å². The Hall–Kier alpha value is -3.65. The standard InChI is InChI=1S/C28H33N3O4S/c1-21-15-16-25(19-22(21)2)31(36(34,35)26-13-9-6-10-14-26)20-27(32)30(23(3)28(33)29-4)18-17-24-11-7-5-8-12-24/h5-16,19,23H,17-18,20H2,1-4H3,(H,29,33)/t23-/m1/s1. The molecule has 0 aliphatic rings. The van der Waals surface area contributed by atoms with Crippen LogP contribution in [0.5, 0.6) is 0 Å². The number of carbonyl (C=O) groups excluding carboxylic acids is 2. The molecule has 0 bridgehead atoms. The van der Waals surface area contributed by atoms with Crippen LogP contribution in [0.1, 0.15) is 23.6 Å². The lowest BCUT2D eigenvalue weighted by Gasteiger charge is -2.32. The van der Waals surface area contributed by atoms with Crippen LogP contribution in [0.15, 0.2) is 83.8 Å². The molecule has 0 saturated carbocycles. The number of amides is 2. The first-order valence-corrected chi connectivity index (χ1v) is 13.3. The second kappa shape index (κ2) is 11.9. The van der Waals surface area contributed by atoms with E-state index < -0.39 is 28.5 Å². The van der Waals surface area contributed by atoms with Crippen molar-refractivity contribution in [2.75, 3.05) is 24.4 Å². The van der Waals surface area contributed by atoms with E-state index >= 15 is 0 Å². The van der Waals surface area contributed by atoms with Crippen LogP contribution >= 0.6 is 0 Å². The first kappa shape index (κ1) is 26.9. The highest BCUT2D eigenvalue weighted by Gasteiger charge is 2.32. The summed E-state index contributed by atoms with van der Waals surface area (Å²) in [5.41, 5.74) is 3.33. The second-order valence-electron chi connectivity index (χ2n) is 8.71. The summed E-state index contributed by atoms with van der Waals surface area (Å²) in [6.45, 7) is 5.32. The average molecular weight is 508 g/mol. The zero-order chi connectivity index (χ0) is 26.3. The number of likely N-dealkylation sites (N-methyl/N-ethyl adjacent to an activating group) is 1. The van der Waals surface area contributed by atoms with Gasteiger partial charge in [-0.15, -0.1) is 0 Å². The molecule has 2 amide bonds. The SMILES string of the molecule is CNC(=O)[C@@H](C)N(CCc1ccccc1)C(=O)CN(c1ccc(C)c(C)c1)S(=O)(=O)c1ccccc1. The van der Waals surface area contributed by atoms with E-state index in [0.29, 0.717) is 12.1 Å². The monoisotopic (exact) mass is 507 g/mol. The minimum Gasteiger partial charge on any atom is -0.357 e. The van der Waals surface area contributed by atoms with Gasteiger partial charge in [0, 0.05) is 13.6 Å². The smallest absolute Gasteiger partial charge is 0.264 e. The number of nitrogens with zero attached hydrogens (tertiary/aromatic N) is 2. The van der Waals surface area contributed by atoms with Crippen LogP contribution < -0.4 is 9.62 Å². The lowest BCUT2D eigenvalue weighted by atomic mass is 10.1. The summed E-state index contributed by atoms with van der Waals surface area (Å²) in [5, 5.41) is 2.59. The molecule has 1 N–H and O–H groups in total. The number of nitrogens with one attached hydrogen (secondary N) is 1. The fraction of sp³-hybridized carbons (Fsp3) is 0.286. The van der Waals surface area contributed by atoms with Crippen LogP contribution in [0.3, 0.4) is 0 Å². The molecule has 0 saturated heterocycles. The Kier molecular flexibility index (Phi) is 8.88. The van der Waals surface area contributed by atoms with Crippen LogP contribution in [0.4, 0.5) is 5.69 Å². The van der Waals surface area contributed by atoms with E-state index in [1.807, 2.05) is 50.2 Å². The van der Waals surface area contributed by atoms with Gasteiger partial charge < -0.3 is 10.2 Å². The average Bonchev–Trinajstić information content (AvgIpc) is 2.89. The normalized spacial score (nSPS) is 12.0. The van der Waals surface area contributed by atoms with Crippen LogP contribution in [0.25, 0.3) is 0 Å². The zero-order valence-electron chi connectivity index (χ0n) is 21.1. The van der Waals surface area contributed by atoms with Gasteiger partial charge in [-0.1, -0.05) is 54.6 Å². The van der Waals surface area contributed by atoms with E-state index in [-0.39, 0.29) is 17.3 Å². The third kappa shape index (κ3) is 6.31. The van der Waals surface area contributed by atoms with Crippen molar-refractivity contribution in [1.82, 2.24) is 10.2 Å². The van der Waals surface area contributed by atoms with Crippen molar-refractivity contribution in [1.29, 1.82) is 0 Å². The second-order valence-corrected chi connectivity index (χ2v) is 10.6. The molecule has 0 radical (unpaired) electrons. The number of hydrogen-bond acceptors (Lipinski definition) is 4. The van der Waals surface area contributed by atoms with E-state index in [4.69, 9.17) is 0 Å². The highest BCUT2D eigenvalue weighted by atomic mass is 32.2. The van der Waals surface area contributed by atoms with Gasteiger partial charge in [-0.2, -0.15) is 0 Å². The third-order valence-electron chi connectivity index (χ3n) is 6.29. The number of sulfonamides is 1. The maximum absolute atomic E-state index is 13.7. The minimum atomic E-state index is -4.05. The van der Waals surface area contributed by atoms with Crippen LogP contribution in [0.2, 0.25) is 0 Å². The largest absolute Gasteiger partial charge is 0.357 e. The lowest BCUT2D eigenvalue weighted by molar-refractivity contribution is -0.138. The van der Waals surface area contributed by atoms with Crippen molar-refractivity contribution in [3.63, 3.8) is 0 Å². The number of rotatable bonds is 10. The molecule has 36 heavy (non-hydrogen) atoms. The molecule has 1 atom stereocenters. The fourth-order valence-electron chi connectivity index (χ4n) is 3.91. The van der Waals surface area contributed by atoms with Gasteiger partial charge in [0.05, 0.1) is 10.6 Å². The van der Waals surface area contributed by atoms with Gasteiger partial charge in [-0.05, 0) is 68.1 Å². The van der Waals surface area contributed by atoms with E-state index in [1.54, 1.807) is 37.3 Å². The van der Waals surface area contributed by atoms with Crippen LogP contribution in [-0.4, -0.2) is 51.3 Å². The van der Waals surface area contributed by atoms with Crippen molar-refractivity contribution in [3.8, 4) is 0 Å². The molecule has 0 aromatic heterocycles. The summed E-state index contributed by atoms with van der Waals surface area (Å²) < 4.78 is 28.5. The van der Waals surface area contributed by atoms with Crippen LogP contribution in [-0.2, 0) is 26.0 Å². The van der Waals surface area contributed by atoms with Gasteiger partial charge in [0.2, 0.25) is 11.8 Å². The molecule has 0 fully saturated rings. The van der Waals surface area contributed by atoms with E-state index in [2.05, 4.69) is 5.32 Å². The summed E-state index contributed by atoms with van der Waals surface area (Å²) in [5.74, 6) is -0.778. The molecule has 0 spiro atoms. The fourth-order valence-corrected chi connectivity index (χ4v) is 5.34. The summed E-state index contributed by atoms with van der Waals surface area (Å²) >= 11 is 0. The predicted octanol–water partition coefficient (Wildman–Crippen LogP) is 3.70. The van der Waals surface area contributed by atoms with Crippen molar-refractivity contribution in [2.24, 2.45) is 0 Å². The maximum atomic E-state index is 13.7. The summed E-state index contributed by atoms with van der Waals surface area (Å²) in [7, 11) is -2.53. The first-order valence-electron chi connectivity index (χ1n) is 11.8. The topological polar surface area (TPSA) is 86.8 Å². The van der Waals surface area contributed by atoms with Gasteiger partial charge >= 0.3 is 0 Å². The number of benzene rings is 3. The lowest BCUT2D eigenvalue weighted by Crippen LogP contribution is -2.51. The van der Waals surface area contributed by atoms with Gasteiger partial charge in [0.1, 0.15) is 12.6 Å². The van der Waals surface area contributed by atoms with Gasteiger partial charge in [0.15, 0.2) is 0 Å². The molecule has 0 aliphatic heterocycles. The molecule has 0 unspecified atom stereocenters. The van der Waals surface area contributed by atoms with E-state index in [9.17, 15) is 18.0 Å². The molecule has 8 heteroatoms.